The number of furan rings is 1. The Morgan fingerprint density at radius 3 is 1.74 bits per heavy atom. The van der Waals surface area contributed by atoms with E-state index >= 15 is 0 Å². The zero-order chi connectivity index (χ0) is 26.6. The monoisotopic (exact) mass is 497 g/mol. The molecule has 0 fully saturated rings. The molecule has 1 aromatic heterocycles. The van der Waals surface area contributed by atoms with Crippen molar-refractivity contribution in [3.63, 3.8) is 0 Å². The first kappa shape index (κ1) is 20.9. The molecule has 39 heavy (non-hydrogen) atoms. The molecule has 8 aromatic rings. The number of fused-ring (bicyclic) bond motifs is 5. The second-order valence-corrected chi connectivity index (χ2v) is 9.99. The van der Waals surface area contributed by atoms with Gasteiger partial charge >= 0.3 is 0 Å². The van der Waals surface area contributed by atoms with Crippen LogP contribution in [0.3, 0.4) is 0 Å². The van der Waals surface area contributed by atoms with Gasteiger partial charge in [-0.1, -0.05) is 127 Å². The van der Waals surface area contributed by atoms with Gasteiger partial charge in [0, 0.05) is 10.8 Å². The van der Waals surface area contributed by atoms with Crippen molar-refractivity contribution >= 4 is 43.5 Å². The zero-order valence-corrected chi connectivity index (χ0v) is 21.2. The Bertz CT molecular complexity index is 2170. The first-order chi connectivity index (χ1) is 19.8. The lowest BCUT2D eigenvalue weighted by atomic mass is 9.84. The summed E-state index contributed by atoms with van der Waals surface area (Å²) in [7, 11) is 0. The van der Waals surface area contributed by atoms with E-state index in [1.54, 1.807) is 6.07 Å². The average Bonchev–Trinajstić information content (AvgIpc) is 3.38. The van der Waals surface area contributed by atoms with Crippen molar-refractivity contribution in [3.8, 4) is 33.4 Å². The van der Waals surface area contributed by atoms with E-state index in [1.807, 2.05) is 18.2 Å². The van der Waals surface area contributed by atoms with Crippen LogP contribution in [0.25, 0.3) is 76.9 Å². The van der Waals surface area contributed by atoms with E-state index in [0.29, 0.717) is 6.04 Å². The van der Waals surface area contributed by atoms with E-state index in [9.17, 15) is 0 Å². The lowest BCUT2D eigenvalue weighted by molar-refractivity contribution is 0.669. The molecule has 0 atom stereocenters. The molecule has 0 amide bonds. The summed E-state index contributed by atoms with van der Waals surface area (Å²) in [5, 5.41) is 6.86. The molecule has 1 nitrogen and oxygen atoms in total. The third-order valence-corrected chi connectivity index (χ3v) is 7.80. The molecule has 0 radical (unpaired) electrons. The van der Waals surface area contributed by atoms with Crippen LogP contribution in [0.1, 0.15) is 1.37 Å². The molecule has 0 saturated heterocycles. The highest BCUT2D eigenvalue weighted by Crippen LogP contribution is 2.47. The lowest BCUT2D eigenvalue weighted by Gasteiger charge is -2.18. The van der Waals surface area contributed by atoms with Crippen molar-refractivity contribution in [2.75, 3.05) is 0 Å². The Kier molecular flexibility index (Phi) is 4.66. The summed E-state index contributed by atoms with van der Waals surface area (Å²) >= 11 is 0. The first-order valence-electron chi connectivity index (χ1n) is 13.8. The molecule has 1 heterocycles. The van der Waals surface area contributed by atoms with Gasteiger partial charge in [0.15, 0.2) is 0 Å². The summed E-state index contributed by atoms with van der Waals surface area (Å²) < 4.78 is 14.5. The van der Waals surface area contributed by atoms with Crippen LogP contribution in [0.4, 0.5) is 0 Å². The van der Waals surface area contributed by atoms with Crippen molar-refractivity contribution in [3.05, 3.63) is 146 Å². The summed E-state index contributed by atoms with van der Waals surface area (Å²) in [5.41, 5.74) is 8.82. The van der Waals surface area contributed by atoms with Crippen LogP contribution in [-0.2, 0) is 0 Å². The molecule has 0 aliphatic rings. The van der Waals surface area contributed by atoms with Crippen molar-refractivity contribution in [2.24, 2.45) is 0 Å². The minimum atomic E-state index is 0.480. The van der Waals surface area contributed by atoms with Crippen LogP contribution >= 0.6 is 0 Å². The van der Waals surface area contributed by atoms with E-state index in [2.05, 4.69) is 115 Å². The van der Waals surface area contributed by atoms with E-state index < -0.39 is 0 Å². The zero-order valence-electron chi connectivity index (χ0n) is 22.2. The molecular weight excluding hydrogens is 472 g/mol. The molecule has 0 bridgehead atoms. The Labute approximate surface area is 228 Å². The number of para-hydroxylation sites is 1. The minimum Gasteiger partial charge on any atom is -0.456 e. The molecule has 0 saturated carbocycles. The van der Waals surface area contributed by atoms with E-state index in [0.717, 1.165) is 27.5 Å². The Balaban J connectivity index is 1.49. The molecule has 1 heteroatoms. The molecular formula is C38H24O. The fourth-order valence-corrected chi connectivity index (χ4v) is 6.14. The normalized spacial score (nSPS) is 11.9. The van der Waals surface area contributed by atoms with Crippen LogP contribution < -0.4 is 0 Å². The molecule has 0 unspecified atom stereocenters. The summed E-state index contributed by atoms with van der Waals surface area (Å²) in [6.07, 6.45) is 0. The van der Waals surface area contributed by atoms with Gasteiger partial charge in [-0.05, 0) is 73.1 Å². The molecule has 0 spiro atoms. The predicted molar refractivity (Wildman–Crippen MR) is 165 cm³/mol. The molecule has 8 rings (SSSR count). The van der Waals surface area contributed by atoms with E-state index in [1.165, 1.54) is 49.4 Å². The standard InChI is InChI=1S/C38H24O/c1-2-12-25(13-3-1)26-14-10-15-27(24-26)36-28-16-4-6-18-30(28)37(31-19-7-5-17-29(31)36)33-21-11-23-35-38(33)32-20-8-9-22-34(32)39-35/h1-24H/i8D. The molecule has 0 aliphatic heterocycles. The Hall–Kier alpha value is -5.14. The fourth-order valence-electron chi connectivity index (χ4n) is 6.14. The SMILES string of the molecule is [2H]c1ccc2oc3cccc(-c4c5ccccc5c(-c5cccc(-c6ccccc6)c5)c5ccccc45)c3c2c1. The topological polar surface area (TPSA) is 13.1 Å². The third-order valence-electron chi connectivity index (χ3n) is 7.80. The van der Waals surface area contributed by atoms with Crippen LogP contribution in [0, 0.1) is 0 Å². The highest BCUT2D eigenvalue weighted by Gasteiger charge is 2.20. The maximum atomic E-state index is 8.29. The molecule has 182 valence electrons. The number of hydrogen-bond acceptors (Lipinski definition) is 1. The number of benzene rings is 7. The van der Waals surface area contributed by atoms with Gasteiger partial charge in [0.25, 0.3) is 0 Å². The van der Waals surface area contributed by atoms with Crippen LogP contribution in [0.15, 0.2) is 150 Å². The van der Waals surface area contributed by atoms with Gasteiger partial charge in [-0.15, -0.1) is 0 Å². The summed E-state index contributed by atoms with van der Waals surface area (Å²) in [6, 6.07) is 49.3. The maximum Gasteiger partial charge on any atom is 0.136 e. The van der Waals surface area contributed by atoms with E-state index in [-0.39, 0.29) is 0 Å². The van der Waals surface area contributed by atoms with Crippen molar-refractivity contribution in [2.45, 2.75) is 0 Å². The highest BCUT2D eigenvalue weighted by atomic mass is 16.3. The minimum absolute atomic E-state index is 0.480. The van der Waals surface area contributed by atoms with Gasteiger partial charge in [-0.2, -0.15) is 0 Å². The van der Waals surface area contributed by atoms with Gasteiger partial charge in [0.2, 0.25) is 0 Å². The van der Waals surface area contributed by atoms with Gasteiger partial charge in [-0.3, -0.25) is 0 Å². The largest absolute Gasteiger partial charge is 0.456 e. The van der Waals surface area contributed by atoms with Crippen LogP contribution in [0.5, 0.6) is 0 Å². The molecule has 7 aromatic carbocycles. The first-order valence-corrected chi connectivity index (χ1v) is 13.3. The third kappa shape index (κ3) is 3.41. The van der Waals surface area contributed by atoms with Crippen molar-refractivity contribution < 1.29 is 5.79 Å². The maximum absolute atomic E-state index is 8.29. The summed E-state index contributed by atoms with van der Waals surface area (Å²) in [4.78, 5) is 0. The fraction of sp³-hybridized carbons (Fsp3) is 0. The second-order valence-electron chi connectivity index (χ2n) is 9.99. The molecule has 0 aliphatic carbocycles. The highest BCUT2D eigenvalue weighted by molar-refractivity contribution is 6.25. The molecule has 0 N–H and O–H groups in total. The van der Waals surface area contributed by atoms with Gasteiger partial charge in [0.05, 0.1) is 1.37 Å². The average molecular weight is 498 g/mol. The quantitative estimate of drug-likeness (QED) is 0.221. The second kappa shape index (κ2) is 8.72. The van der Waals surface area contributed by atoms with Gasteiger partial charge < -0.3 is 4.42 Å². The van der Waals surface area contributed by atoms with Crippen molar-refractivity contribution in [1.29, 1.82) is 0 Å². The van der Waals surface area contributed by atoms with Crippen LogP contribution in [0.2, 0.25) is 0 Å². The van der Waals surface area contributed by atoms with Crippen molar-refractivity contribution in [1.82, 2.24) is 0 Å². The number of rotatable bonds is 3. The predicted octanol–water partition coefficient (Wildman–Crippen LogP) is 10.9. The smallest absolute Gasteiger partial charge is 0.136 e. The Morgan fingerprint density at radius 2 is 1.00 bits per heavy atom. The van der Waals surface area contributed by atoms with E-state index in [4.69, 9.17) is 5.79 Å². The van der Waals surface area contributed by atoms with Gasteiger partial charge in [-0.25, -0.2) is 0 Å². The summed E-state index contributed by atoms with van der Waals surface area (Å²) in [6.45, 7) is 0. The Morgan fingerprint density at radius 1 is 0.410 bits per heavy atom. The number of hydrogen-bond donors (Lipinski definition) is 0. The lowest BCUT2D eigenvalue weighted by Crippen LogP contribution is -1.91. The summed E-state index contributed by atoms with van der Waals surface area (Å²) in [5.74, 6) is 0. The van der Waals surface area contributed by atoms with Gasteiger partial charge in [0.1, 0.15) is 11.2 Å². The van der Waals surface area contributed by atoms with Crippen LogP contribution in [-0.4, -0.2) is 0 Å².